The van der Waals surface area contributed by atoms with E-state index in [2.05, 4.69) is 4.98 Å². The van der Waals surface area contributed by atoms with Crippen molar-refractivity contribution >= 4 is 33.5 Å². The van der Waals surface area contributed by atoms with Gasteiger partial charge in [0, 0.05) is 0 Å². The molecule has 1 aliphatic carbocycles. The van der Waals surface area contributed by atoms with Gasteiger partial charge >= 0.3 is 11.9 Å². The van der Waals surface area contributed by atoms with Crippen molar-refractivity contribution < 1.29 is 19.1 Å². The fraction of sp³-hybridized carbons (Fsp3) is 0.619. The lowest BCUT2D eigenvalue weighted by Crippen LogP contribution is -2.32. The van der Waals surface area contributed by atoms with E-state index >= 15 is 0 Å². The molecular formula is C21H28N2O5S. The maximum atomic E-state index is 13.1. The molecule has 7 nitrogen and oxygen atoms in total. The largest absolute Gasteiger partial charge is 0.461 e. The van der Waals surface area contributed by atoms with Crippen molar-refractivity contribution in [2.45, 2.75) is 84.5 Å². The van der Waals surface area contributed by atoms with Gasteiger partial charge in [0.25, 0.3) is 5.56 Å². The van der Waals surface area contributed by atoms with E-state index in [-0.39, 0.29) is 17.8 Å². The van der Waals surface area contributed by atoms with Crippen molar-refractivity contribution in [2.75, 3.05) is 0 Å². The average Bonchev–Trinajstić information content (AvgIpc) is 3.05. The summed E-state index contributed by atoms with van der Waals surface area (Å²) in [5, 5.41) is 0.353. The average molecular weight is 421 g/mol. The number of carbonyl (C=O) groups is 2. The van der Waals surface area contributed by atoms with Gasteiger partial charge in [-0.1, -0.05) is 13.3 Å². The third-order valence-electron chi connectivity index (χ3n) is 5.54. The molecule has 2 aromatic heterocycles. The van der Waals surface area contributed by atoms with Crippen LogP contribution in [0.15, 0.2) is 11.1 Å². The van der Waals surface area contributed by atoms with Gasteiger partial charge in [-0.05, 0) is 58.4 Å². The van der Waals surface area contributed by atoms with E-state index in [1.54, 1.807) is 13.8 Å². The van der Waals surface area contributed by atoms with Crippen molar-refractivity contribution in [3.8, 4) is 0 Å². The maximum absolute atomic E-state index is 13.1. The van der Waals surface area contributed by atoms with Gasteiger partial charge in [-0.3, -0.25) is 9.36 Å². The first kappa shape index (κ1) is 21.5. The summed E-state index contributed by atoms with van der Waals surface area (Å²) in [5.41, 5.74) is 0.192. The summed E-state index contributed by atoms with van der Waals surface area (Å²) in [7, 11) is 0. The number of thiophene rings is 1. The zero-order chi connectivity index (χ0) is 21.1. The normalized spacial score (nSPS) is 17.1. The van der Waals surface area contributed by atoms with Crippen LogP contribution in [-0.4, -0.2) is 33.7 Å². The van der Waals surface area contributed by atoms with Gasteiger partial charge in [0.15, 0.2) is 0 Å². The lowest BCUT2D eigenvalue weighted by atomic mass is 9.98. The summed E-state index contributed by atoms with van der Waals surface area (Å²) in [6.07, 6.45) is 6.82. The molecule has 0 aliphatic heterocycles. The number of hydrogen-bond donors (Lipinski definition) is 0. The van der Waals surface area contributed by atoms with E-state index in [1.807, 2.05) is 13.8 Å². The predicted octanol–water partition coefficient (Wildman–Crippen LogP) is 4.16. The highest BCUT2D eigenvalue weighted by Crippen LogP contribution is 2.28. The second-order valence-corrected chi connectivity index (χ2v) is 8.69. The number of aromatic nitrogens is 2. The zero-order valence-electron chi connectivity index (χ0n) is 17.4. The third kappa shape index (κ3) is 4.52. The Bertz CT molecular complexity index is 958. The van der Waals surface area contributed by atoms with Crippen molar-refractivity contribution in [2.24, 2.45) is 0 Å². The van der Waals surface area contributed by atoms with E-state index in [0.717, 1.165) is 37.0 Å². The Morgan fingerprint density at radius 3 is 2.62 bits per heavy atom. The Hall–Kier alpha value is -2.22. The molecule has 0 amide bonds. The Morgan fingerprint density at radius 2 is 1.97 bits per heavy atom. The Kier molecular flexibility index (Phi) is 6.72. The number of aryl methyl sites for hydroxylation is 1. The third-order valence-corrected chi connectivity index (χ3v) is 6.72. The van der Waals surface area contributed by atoms with E-state index in [9.17, 15) is 14.4 Å². The number of hydrogen-bond acceptors (Lipinski definition) is 7. The first-order chi connectivity index (χ1) is 13.8. The van der Waals surface area contributed by atoms with E-state index in [0.29, 0.717) is 27.1 Å². The molecule has 0 bridgehead atoms. The molecule has 3 rings (SSSR count). The van der Waals surface area contributed by atoms with Crippen LogP contribution in [0.25, 0.3) is 10.2 Å². The minimum atomic E-state index is -0.781. The van der Waals surface area contributed by atoms with Crippen LogP contribution in [0.2, 0.25) is 0 Å². The predicted molar refractivity (Wildman–Crippen MR) is 111 cm³/mol. The smallest absolute Gasteiger partial charge is 0.348 e. The lowest BCUT2D eigenvalue weighted by molar-refractivity contribution is -0.154. The molecule has 29 heavy (non-hydrogen) atoms. The number of rotatable bonds is 6. The fourth-order valence-electron chi connectivity index (χ4n) is 3.49. The van der Waals surface area contributed by atoms with Gasteiger partial charge in [0.2, 0.25) is 0 Å². The molecule has 1 saturated carbocycles. The van der Waals surface area contributed by atoms with Gasteiger partial charge in [-0.2, -0.15) is 0 Å². The van der Waals surface area contributed by atoms with Crippen LogP contribution in [0.3, 0.4) is 0 Å². The van der Waals surface area contributed by atoms with Crippen LogP contribution in [0, 0.1) is 6.92 Å². The zero-order valence-corrected chi connectivity index (χ0v) is 18.2. The number of carbonyl (C=O) groups excluding carboxylic acids is 2. The van der Waals surface area contributed by atoms with E-state index in [4.69, 9.17) is 9.47 Å². The molecule has 0 N–H and O–H groups in total. The minimum Gasteiger partial charge on any atom is -0.461 e. The topological polar surface area (TPSA) is 87.5 Å². The van der Waals surface area contributed by atoms with Gasteiger partial charge < -0.3 is 9.47 Å². The summed E-state index contributed by atoms with van der Waals surface area (Å²) in [5.74, 6) is -0.875. The van der Waals surface area contributed by atoms with Gasteiger partial charge in [0.1, 0.15) is 21.9 Å². The molecule has 0 spiro atoms. The highest BCUT2D eigenvalue weighted by atomic mass is 32.1. The molecule has 0 radical (unpaired) electrons. The molecule has 2 atom stereocenters. The minimum absolute atomic E-state index is 0.0732. The lowest BCUT2D eigenvalue weighted by Gasteiger charge is -2.24. The molecule has 0 aromatic carbocycles. The molecule has 158 valence electrons. The summed E-state index contributed by atoms with van der Waals surface area (Å²) in [4.78, 5) is 43.2. The Morgan fingerprint density at radius 1 is 1.28 bits per heavy atom. The summed E-state index contributed by atoms with van der Waals surface area (Å²) < 4.78 is 12.3. The van der Waals surface area contributed by atoms with Crippen LogP contribution in [0.1, 0.15) is 80.6 Å². The number of nitrogens with zero attached hydrogens (tertiary/aromatic N) is 2. The van der Waals surface area contributed by atoms with Gasteiger partial charge in [0.05, 0.1) is 17.8 Å². The molecular weight excluding hydrogens is 392 g/mol. The number of esters is 2. The molecule has 2 unspecified atom stereocenters. The Labute approximate surface area is 174 Å². The first-order valence-corrected chi connectivity index (χ1v) is 11.1. The molecule has 1 aliphatic rings. The van der Waals surface area contributed by atoms with Crippen LogP contribution in [0.5, 0.6) is 0 Å². The fourth-order valence-corrected chi connectivity index (χ4v) is 4.51. The number of fused-ring (bicyclic) bond motifs is 1. The molecule has 8 heteroatoms. The second kappa shape index (κ2) is 9.07. The molecule has 0 saturated heterocycles. The second-order valence-electron chi connectivity index (χ2n) is 7.69. The van der Waals surface area contributed by atoms with Crippen LogP contribution < -0.4 is 5.56 Å². The summed E-state index contributed by atoms with van der Waals surface area (Å²) in [6, 6.07) is -0.781. The van der Waals surface area contributed by atoms with Crippen molar-refractivity contribution in [1.82, 2.24) is 9.55 Å². The van der Waals surface area contributed by atoms with Crippen LogP contribution in [-0.2, 0) is 14.3 Å². The van der Waals surface area contributed by atoms with E-state index < -0.39 is 18.0 Å². The van der Waals surface area contributed by atoms with Crippen LogP contribution >= 0.6 is 11.3 Å². The SMILES string of the molecule is CCC(C)OC(=O)c1sc2ncn(C(C)C(=O)OC3CCCCC3)c(=O)c2c1C. The maximum Gasteiger partial charge on any atom is 0.348 e. The summed E-state index contributed by atoms with van der Waals surface area (Å²) in [6.45, 7) is 7.11. The van der Waals surface area contributed by atoms with Crippen molar-refractivity contribution in [3.05, 3.63) is 27.1 Å². The van der Waals surface area contributed by atoms with Crippen molar-refractivity contribution in [3.63, 3.8) is 0 Å². The molecule has 2 heterocycles. The quantitative estimate of drug-likeness (QED) is 0.652. The van der Waals surface area contributed by atoms with Crippen LogP contribution in [0.4, 0.5) is 0 Å². The number of ether oxygens (including phenoxy) is 2. The monoisotopic (exact) mass is 420 g/mol. The summed E-state index contributed by atoms with van der Waals surface area (Å²) >= 11 is 1.14. The van der Waals surface area contributed by atoms with E-state index in [1.165, 1.54) is 17.3 Å². The van der Waals surface area contributed by atoms with Crippen molar-refractivity contribution in [1.29, 1.82) is 0 Å². The Balaban J connectivity index is 1.87. The molecule has 2 aromatic rings. The highest BCUT2D eigenvalue weighted by Gasteiger charge is 2.26. The standard InChI is InChI=1S/C21H28N2O5S/c1-5-12(2)27-21(26)17-13(3)16-18(29-17)22-11-23(19(16)24)14(4)20(25)28-15-9-7-6-8-10-15/h11-12,14-15H,5-10H2,1-4H3. The van der Waals surface area contributed by atoms with Gasteiger partial charge in [-0.15, -0.1) is 11.3 Å². The van der Waals surface area contributed by atoms with Gasteiger partial charge in [-0.25, -0.2) is 14.6 Å². The highest BCUT2D eigenvalue weighted by molar-refractivity contribution is 7.20. The first-order valence-electron chi connectivity index (χ1n) is 10.2. The molecule has 1 fully saturated rings.